The number of hydrogen-bond donors (Lipinski definition) is 0. The zero-order valence-corrected chi connectivity index (χ0v) is 14.2. The van der Waals surface area contributed by atoms with Gasteiger partial charge in [0, 0.05) is 22.2 Å². The lowest BCUT2D eigenvalue weighted by Crippen LogP contribution is -2.35. The Kier molecular flexibility index (Phi) is 2.92. The predicted octanol–water partition coefficient (Wildman–Crippen LogP) is 4.93. The Morgan fingerprint density at radius 2 is 1.60 bits per heavy atom. The van der Waals surface area contributed by atoms with Crippen LogP contribution in [0.15, 0.2) is 71.3 Å². The van der Waals surface area contributed by atoms with E-state index in [2.05, 4.69) is 66.6 Å². The molecule has 5 aromatic rings. The first-order chi connectivity index (χ1) is 12.2. The van der Waals surface area contributed by atoms with Crippen LogP contribution >= 0.6 is 0 Å². The molecule has 0 unspecified atom stereocenters. The molecule has 0 spiro atoms. The highest BCUT2D eigenvalue weighted by Crippen LogP contribution is 2.39. The van der Waals surface area contributed by atoms with E-state index in [-0.39, 0.29) is 0 Å². The van der Waals surface area contributed by atoms with E-state index in [1.54, 1.807) is 6.20 Å². The van der Waals surface area contributed by atoms with Gasteiger partial charge in [-0.25, -0.2) is 0 Å². The van der Waals surface area contributed by atoms with E-state index in [1.165, 1.54) is 10.9 Å². The molecule has 0 radical (unpaired) electrons. The van der Waals surface area contributed by atoms with Crippen LogP contribution in [0.1, 0.15) is 5.56 Å². The van der Waals surface area contributed by atoms with Crippen molar-refractivity contribution < 1.29 is 9.10 Å². The van der Waals surface area contributed by atoms with Gasteiger partial charge >= 0.3 is 0 Å². The Bertz CT molecular complexity index is 1270. The maximum absolute atomic E-state index is 6.45. The van der Waals surface area contributed by atoms with E-state index in [0.29, 0.717) is 0 Å². The SMILES string of the molecule is Cc1ccc2c(oc3c4ccccc4ccc23)c1-c1cccn[n+]1C. The van der Waals surface area contributed by atoms with Gasteiger partial charge in [0.2, 0.25) is 5.69 Å². The summed E-state index contributed by atoms with van der Waals surface area (Å²) < 4.78 is 8.34. The first kappa shape index (κ1) is 14.2. The summed E-state index contributed by atoms with van der Waals surface area (Å²) in [5, 5.41) is 9.02. The van der Waals surface area contributed by atoms with Crippen molar-refractivity contribution in [3.63, 3.8) is 0 Å². The summed E-state index contributed by atoms with van der Waals surface area (Å²) in [5.41, 5.74) is 5.21. The summed E-state index contributed by atoms with van der Waals surface area (Å²) in [4.78, 5) is 0. The minimum Gasteiger partial charge on any atom is -0.454 e. The second-order valence-corrected chi connectivity index (χ2v) is 6.43. The monoisotopic (exact) mass is 325 g/mol. The second-order valence-electron chi connectivity index (χ2n) is 6.43. The molecule has 0 aliphatic rings. The van der Waals surface area contributed by atoms with E-state index in [1.807, 2.05) is 17.8 Å². The molecule has 0 saturated carbocycles. The molecule has 0 amide bonds. The molecule has 5 rings (SSSR count). The maximum atomic E-state index is 6.45. The normalized spacial score (nSPS) is 11.6. The van der Waals surface area contributed by atoms with Crippen LogP contribution in [0.2, 0.25) is 0 Å². The van der Waals surface area contributed by atoms with Gasteiger partial charge in [0.1, 0.15) is 11.2 Å². The molecule has 2 aromatic heterocycles. The summed E-state index contributed by atoms with van der Waals surface area (Å²) in [6.45, 7) is 2.12. The molecule has 0 aliphatic heterocycles. The average Bonchev–Trinajstić information content (AvgIpc) is 3.01. The van der Waals surface area contributed by atoms with Crippen molar-refractivity contribution in [3.8, 4) is 11.3 Å². The minimum atomic E-state index is 0.926. The molecule has 2 heterocycles. The molecule has 0 aliphatic carbocycles. The maximum Gasteiger partial charge on any atom is 0.242 e. The van der Waals surface area contributed by atoms with Crippen LogP contribution in [0.25, 0.3) is 44.0 Å². The van der Waals surface area contributed by atoms with Crippen molar-refractivity contribution in [3.05, 3.63) is 72.4 Å². The molecule has 0 saturated heterocycles. The highest BCUT2D eigenvalue weighted by atomic mass is 16.3. The second kappa shape index (κ2) is 5.15. The Morgan fingerprint density at radius 3 is 2.48 bits per heavy atom. The lowest BCUT2D eigenvalue weighted by molar-refractivity contribution is -0.720. The van der Waals surface area contributed by atoms with Crippen LogP contribution in [-0.4, -0.2) is 5.10 Å². The van der Waals surface area contributed by atoms with Crippen molar-refractivity contribution in [2.75, 3.05) is 0 Å². The smallest absolute Gasteiger partial charge is 0.242 e. The lowest BCUT2D eigenvalue weighted by atomic mass is 10.00. The van der Waals surface area contributed by atoms with Gasteiger partial charge in [0.25, 0.3) is 0 Å². The van der Waals surface area contributed by atoms with Crippen LogP contribution in [0.5, 0.6) is 0 Å². The lowest BCUT2D eigenvalue weighted by Gasteiger charge is -2.03. The third-order valence-corrected chi connectivity index (χ3v) is 4.92. The number of aromatic nitrogens is 2. The Balaban J connectivity index is 1.98. The van der Waals surface area contributed by atoms with Crippen LogP contribution in [0.3, 0.4) is 0 Å². The van der Waals surface area contributed by atoms with Gasteiger partial charge in [0.15, 0.2) is 7.05 Å². The van der Waals surface area contributed by atoms with Crippen molar-refractivity contribution in [2.24, 2.45) is 7.05 Å². The number of furan rings is 1. The van der Waals surface area contributed by atoms with Gasteiger partial charge in [-0.15, -0.1) is 0 Å². The van der Waals surface area contributed by atoms with Crippen molar-refractivity contribution in [1.82, 2.24) is 5.10 Å². The van der Waals surface area contributed by atoms with Crippen molar-refractivity contribution in [1.29, 1.82) is 0 Å². The van der Waals surface area contributed by atoms with Crippen molar-refractivity contribution >= 4 is 32.7 Å². The molecular formula is C22H17N2O+. The molecular weight excluding hydrogens is 308 g/mol. The quantitative estimate of drug-likeness (QED) is 0.409. The number of benzene rings is 3. The number of hydrogen-bond acceptors (Lipinski definition) is 2. The topological polar surface area (TPSA) is 29.9 Å². The number of nitrogens with zero attached hydrogens (tertiary/aromatic N) is 2. The van der Waals surface area contributed by atoms with Crippen LogP contribution in [0.4, 0.5) is 0 Å². The molecule has 0 bridgehead atoms. The largest absolute Gasteiger partial charge is 0.454 e. The summed E-state index contributed by atoms with van der Waals surface area (Å²) >= 11 is 0. The number of fused-ring (bicyclic) bond motifs is 5. The number of aryl methyl sites for hydroxylation is 2. The fraction of sp³-hybridized carbons (Fsp3) is 0.0909. The van der Waals surface area contributed by atoms with Gasteiger partial charge < -0.3 is 4.42 Å². The van der Waals surface area contributed by atoms with E-state index >= 15 is 0 Å². The molecule has 3 nitrogen and oxygen atoms in total. The first-order valence-electron chi connectivity index (χ1n) is 8.39. The van der Waals surface area contributed by atoms with E-state index in [0.717, 1.165) is 38.6 Å². The van der Waals surface area contributed by atoms with E-state index in [4.69, 9.17) is 4.42 Å². The molecule has 0 atom stereocenters. The Morgan fingerprint density at radius 1 is 0.800 bits per heavy atom. The summed E-state index contributed by atoms with van der Waals surface area (Å²) in [5.74, 6) is 0. The molecule has 0 fully saturated rings. The number of rotatable bonds is 1. The fourth-order valence-electron chi connectivity index (χ4n) is 3.67. The van der Waals surface area contributed by atoms with Gasteiger partial charge in [-0.2, -0.15) is 0 Å². The van der Waals surface area contributed by atoms with E-state index < -0.39 is 0 Å². The zero-order valence-electron chi connectivity index (χ0n) is 14.2. The summed E-state index contributed by atoms with van der Waals surface area (Å²) in [6.07, 6.45) is 1.80. The fourth-order valence-corrected chi connectivity index (χ4v) is 3.67. The summed E-state index contributed by atoms with van der Waals surface area (Å²) in [6, 6.07) is 21.0. The van der Waals surface area contributed by atoms with Gasteiger partial charge in [0.05, 0.1) is 11.8 Å². The minimum absolute atomic E-state index is 0.926. The first-order valence-corrected chi connectivity index (χ1v) is 8.39. The molecule has 25 heavy (non-hydrogen) atoms. The Hall–Kier alpha value is -3.20. The molecule has 3 heteroatoms. The highest BCUT2D eigenvalue weighted by molar-refractivity contribution is 6.17. The zero-order chi connectivity index (χ0) is 17.0. The third kappa shape index (κ3) is 1.99. The predicted molar refractivity (Wildman–Crippen MR) is 100 cm³/mol. The van der Waals surface area contributed by atoms with Crippen LogP contribution in [-0.2, 0) is 7.05 Å². The van der Waals surface area contributed by atoms with E-state index in [9.17, 15) is 0 Å². The van der Waals surface area contributed by atoms with Crippen molar-refractivity contribution in [2.45, 2.75) is 6.92 Å². The van der Waals surface area contributed by atoms with Gasteiger partial charge in [-0.3, -0.25) is 0 Å². The highest BCUT2D eigenvalue weighted by Gasteiger charge is 2.21. The third-order valence-electron chi connectivity index (χ3n) is 4.92. The van der Waals surface area contributed by atoms with Crippen LogP contribution in [0, 0.1) is 6.92 Å². The molecule has 3 aromatic carbocycles. The summed E-state index contributed by atoms with van der Waals surface area (Å²) in [7, 11) is 1.96. The van der Waals surface area contributed by atoms with Crippen LogP contribution < -0.4 is 4.68 Å². The van der Waals surface area contributed by atoms with Gasteiger partial charge in [-0.1, -0.05) is 47.1 Å². The van der Waals surface area contributed by atoms with Gasteiger partial charge in [-0.05, 0) is 35.1 Å². The average molecular weight is 325 g/mol. The molecule has 0 N–H and O–H groups in total. The Labute approximate surface area is 145 Å². The molecule has 120 valence electrons. The standard InChI is InChI=1S/C22H17N2O/c1-14-9-11-18-17-12-10-15-6-3-4-7-16(15)21(17)25-22(18)20(14)19-8-5-13-23-24(19)2/h3-13H,1-2H3/q+1.